The highest BCUT2D eigenvalue weighted by molar-refractivity contribution is 5.20. The van der Waals surface area contributed by atoms with Gasteiger partial charge in [-0.3, -0.25) is 0 Å². The SMILES string of the molecule is Cc1ccc(COC2(CN)CCCCCC2)cc1. The Morgan fingerprint density at radius 1 is 1.06 bits per heavy atom. The van der Waals surface area contributed by atoms with E-state index in [0.29, 0.717) is 13.2 Å². The zero-order valence-electron chi connectivity index (χ0n) is 11.5. The van der Waals surface area contributed by atoms with Crippen LogP contribution >= 0.6 is 0 Å². The minimum Gasteiger partial charge on any atom is -0.369 e. The molecule has 1 aliphatic carbocycles. The maximum absolute atomic E-state index is 6.20. The summed E-state index contributed by atoms with van der Waals surface area (Å²) in [5, 5.41) is 0. The van der Waals surface area contributed by atoms with Crippen molar-refractivity contribution < 1.29 is 4.74 Å². The van der Waals surface area contributed by atoms with Crippen molar-refractivity contribution in [1.82, 2.24) is 0 Å². The molecule has 0 bridgehead atoms. The molecule has 0 aromatic heterocycles. The Morgan fingerprint density at radius 3 is 2.22 bits per heavy atom. The van der Waals surface area contributed by atoms with Gasteiger partial charge in [0, 0.05) is 6.54 Å². The zero-order valence-corrected chi connectivity index (χ0v) is 11.5. The predicted octanol–water partition coefficient (Wildman–Crippen LogP) is 3.56. The fraction of sp³-hybridized carbons (Fsp3) is 0.625. The minimum atomic E-state index is -0.0681. The van der Waals surface area contributed by atoms with Crippen molar-refractivity contribution in [2.75, 3.05) is 6.54 Å². The summed E-state index contributed by atoms with van der Waals surface area (Å²) >= 11 is 0. The lowest BCUT2D eigenvalue weighted by molar-refractivity contribution is -0.0602. The van der Waals surface area contributed by atoms with Crippen molar-refractivity contribution in [2.24, 2.45) is 5.73 Å². The van der Waals surface area contributed by atoms with Crippen LogP contribution in [-0.4, -0.2) is 12.1 Å². The molecular formula is C16H25NO. The third kappa shape index (κ3) is 3.56. The van der Waals surface area contributed by atoms with E-state index in [-0.39, 0.29) is 5.60 Å². The molecule has 1 aromatic carbocycles. The normalized spacial score (nSPS) is 19.4. The summed E-state index contributed by atoms with van der Waals surface area (Å²) in [6.07, 6.45) is 7.41. The van der Waals surface area contributed by atoms with Gasteiger partial charge in [0.15, 0.2) is 0 Å². The van der Waals surface area contributed by atoms with Crippen molar-refractivity contribution in [3.05, 3.63) is 35.4 Å². The van der Waals surface area contributed by atoms with E-state index in [1.54, 1.807) is 0 Å². The average molecular weight is 247 g/mol. The van der Waals surface area contributed by atoms with Gasteiger partial charge in [-0.15, -0.1) is 0 Å². The molecule has 0 spiro atoms. The first-order valence-corrected chi connectivity index (χ1v) is 7.14. The molecule has 1 aliphatic rings. The smallest absolute Gasteiger partial charge is 0.0808 e. The second-order valence-corrected chi connectivity index (χ2v) is 5.58. The van der Waals surface area contributed by atoms with E-state index in [1.165, 1.54) is 36.8 Å². The van der Waals surface area contributed by atoms with Gasteiger partial charge >= 0.3 is 0 Å². The molecule has 2 rings (SSSR count). The molecule has 0 amide bonds. The molecule has 18 heavy (non-hydrogen) atoms. The van der Waals surface area contributed by atoms with Crippen LogP contribution in [0.2, 0.25) is 0 Å². The van der Waals surface area contributed by atoms with E-state index in [2.05, 4.69) is 31.2 Å². The third-order valence-corrected chi connectivity index (χ3v) is 4.05. The van der Waals surface area contributed by atoms with E-state index in [0.717, 1.165) is 12.8 Å². The Kier molecular flexibility index (Phi) is 4.79. The number of benzene rings is 1. The molecule has 0 aliphatic heterocycles. The Hall–Kier alpha value is -0.860. The first kappa shape index (κ1) is 13.6. The fourth-order valence-corrected chi connectivity index (χ4v) is 2.70. The summed E-state index contributed by atoms with van der Waals surface area (Å²) in [5.74, 6) is 0. The van der Waals surface area contributed by atoms with Crippen molar-refractivity contribution in [3.63, 3.8) is 0 Å². The number of nitrogens with two attached hydrogens (primary N) is 1. The molecule has 100 valence electrons. The van der Waals surface area contributed by atoms with Gasteiger partial charge in [-0.1, -0.05) is 55.5 Å². The van der Waals surface area contributed by atoms with Crippen LogP contribution in [0.3, 0.4) is 0 Å². The number of rotatable bonds is 4. The van der Waals surface area contributed by atoms with Gasteiger partial charge in [-0.25, -0.2) is 0 Å². The van der Waals surface area contributed by atoms with Crippen molar-refractivity contribution in [1.29, 1.82) is 0 Å². The molecule has 1 saturated carbocycles. The van der Waals surface area contributed by atoms with E-state index >= 15 is 0 Å². The fourth-order valence-electron chi connectivity index (χ4n) is 2.70. The Labute approximate surface area is 111 Å². The molecule has 0 radical (unpaired) electrons. The summed E-state index contributed by atoms with van der Waals surface area (Å²) in [6, 6.07) is 8.58. The van der Waals surface area contributed by atoms with Gasteiger partial charge < -0.3 is 10.5 Å². The van der Waals surface area contributed by atoms with Crippen LogP contribution in [0, 0.1) is 6.92 Å². The van der Waals surface area contributed by atoms with Crippen LogP contribution in [0.15, 0.2) is 24.3 Å². The van der Waals surface area contributed by atoms with E-state index in [1.807, 2.05) is 0 Å². The first-order valence-electron chi connectivity index (χ1n) is 7.14. The maximum atomic E-state index is 6.20. The lowest BCUT2D eigenvalue weighted by Gasteiger charge is -2.31. The maximum Gasteiger partial charge on any atom is 0.0808 e. The quantitative estimate of drug-likeness (QED) is 0.826. The summed E-state index contributed by atoms with van der Waals surface area (Å²) in [4.78, 5) is 0. The molecule has 1 fully saturated rings. The second kappa shape index (κ2) is 6.35. The summed E-state index contributed by atoms with van der Waals surface area (Å²) in [7, 11) is 0. The molecule has 0 unspecified atom stereocenters. The van der Waals surface area contributed by atoms with Crippen LogP contribution in [-0.2, 0) is 11.3 Å². The lowest BCUT2D eigenvalue weighted by atomic mass is 9.94. The van der Waals surface area contributed by atoms with Crippen LogP contribution in [0.1, 0.15) is 49.7 Å². The first-order chi connectivity index (χ1) is 8.74. The molecule has 2 N–H and O–H groups in total. The summed E-state index contributed by atoms with van der Waals surface area (Å²) in [5.41, 5.74) is 8.44. The molecule has 0 saturated heterocycles. The third-order valence-electron chi connectivity index (χ3n) is 4.05. The Bertz CT molecular complexity index is 350. The van der Waals surface area contributed by atoms with Crippen LogP contribution in [0.4, 0.5) is 0 Å². The van der Waals surface area contributed by atoms with Gasteiger partial charge in [0.1, 0.15) is 0 Å². The van der Waals surface area contributed by atoms with Gasteiger partial charge in [0.2, 0.25) is 0 Å². The average Bonchev–Trinajstić information content (AvgIpc) is 2.64. The van der Waals surface area contributed by atoms with E-state index in [9.17, 15) is 0 Å². The number of hydrogen-bond acceptors (Lipinski definition) is 2. The topological polar surface area (TPSA) is 35.2 Å². The molecule has 1 aromatic rings. The van der Waals surface area contributed by atoms with Crippen molar-refractivity contribution in [3.8, 4) is 0 Å². The molecule has 2 nitrogen and oxygen atoms in total. The van der Waals surface area contributed by atoms with E-state index < -0.39 is 0 Å². The molecule has 2 heteroatoms. The highest BCUT2D eigenvalue weighted by atomic mass is 16.5. The standard InChI is InChI=1S/C16H25NO/c1-14-6-8-15(9-7-14)12-18-16(13-17)10-4-2-3-5-11-16/h6-9H,2-5,10-13,17H2,1H3. The van der Waals surface area contributed by atoms with Crippen molar-refractivity contribution >= 4 is 0 Å². The lowest BCUT2D eigenvalue weighted by Crippen LogP contribution is -2.40. The molecule has 0 atom stereocenters. The predicted molar refractivity (Wildman–Crippen MR) is 75.5 cm³/mol. The highest BCUT2D eigenvalue weighted by Crippen LogP contribution is 2.30. The summed E-state index contributed by atoms with van der Waals surface area (Å²) < 4.78 is 6.20. The van der Waals surface area contributed by atoms with E-state index in [4.69, 9.17) is 10.5 Å². The molecule has 0 heterocycles. The Morgan fingerprint density at radius 2 is 1.67 bits per heavy atom. The van der Waals surface area contributed by atoms with Crippen LogP contribution in [0.5, 0.6) is 0 Å². The van der Waals surface area contributed by atoms with Gasteiger partial charge in [0.05, 0.1) is 12.2 Å². The number of ether oxygens (including phenoxy) is 1. The number of hydrogen-bond donors (Lipinski definition) is 1. The second-order valence-electron chi connectivity index (χ2n) is 5.58. The zero-order chi connectivity index (χ0) is 12.8. The van der Waals surface area contributed by atoms with Gasteiger partial charge in [0.25, 0.3) is 0 Å². The minimum absolute atomic E-state index is 0.0681. The number of aryl methyl sites for hydroxylation is 1. The van der Waals surface area contributed by atoms with Crippen LogP contribution < -0.4 is 5.73 Å². The van der Waals surface area contributed by atoms with Crippen molar-refractivity contribution in [2.45, 2.75) is 57.7 Å². The molecular weight excluding hydrogens is 222 g/mol. The van der Waals surface area contributed by atoms with Gasteiger partial charge in [-0.2, -0.15) is 0 Å². The Balaban J connectivity index is 1.95. The monoisotopic (exact) mass is 247 g/mol. The highest BCUT2D eigenvalue weighted by Gasteiger charge is 2.30. The summed E-state index contributed by atoms with van der Waals surface area (Å²) in [6.45, 7) is 3.45. The largest absolute Gasteiger partial charge is 0.369 e. The van der Waals surface area contributed by atoms with Crippen LogP contribution in [0.25, 0.3) is 0 Å². The van der Waals surface area contributed by atoms with Gasteiger partial charge in [-0.05, 0) is 25.3 Å².